The molecule has 0 radical (unpaired) electrons. The molecule has 1 fully saturated rings. The lowest BCUT2D eigenvalue weighted by Gasteiger charge is -2.19. The predicted octanol–water partition coefficient (Wildman–Crippen LogP) is 4.79. The summed E-state index contributed by atoms with van der Waals surface area (Å²) in [5, 5.41) is 3.98. The first kappa shape index (κ1) is 20.0. The van der Waals surface area contributed by atoms with E-state index >= 15 is 0 Å². The average molecular weight is 401 g/mol. The summed E-state index contributed by atoms with van der Waals surface area (Å²) >= 11 is 0. The molecule has 1 aromatic carbocycles. The van der Waals surface area contributed by atoms with E-state index in [0.29, 0.717) is 28.1 Å². The number of aryl methyl sites for hydroxylation is 2. The number of hydrogen-bond acceptors (Lipinski definition) is 4. The first-order valence-corrected chi connectivity index (χ1v) is 9.12. The number of nitrogens with one attached hydrogen (secondary N) is 1. The zero-order chi connectivity index (χ0) is 19.0. The third-order valence-corrected chi connectivity index (χ3v) is 4.93. The van der Waals surface area contributed by atoms with E-state index in [4.69, 9.17) is 0 Å². The molecule has 5 nitrogen and oxygen atoms in total. The van der Waals surface area contributed by atoms with Gasteiger partial charge in [0, 0.05) is 36.1 Å². The number of carbonyl (C=O) groups excluding carboxylic acids is 1. The van der Waals surface area contributed by atoms with Crippen LogP contribution < -0.4 is 5.32 Å². The van der Waals surface area contributed by atoms with E-state index in [1.54, 1.807) is 25.3 Å². The smallest absolute Gasteiger partial charge is 0.257 e. The lowest BCUT2D eigenvalue weighted by molar-refractivity contribution is 0.0793. The van der Waals surface area contributed by atoms with Crippen LogP contribution in [0.4, 0.5) is 15.8 Å². The largest absolute Gasteiger partial charge is 0.354 e. The fourth-order valence-electron chi connectivity index (χ4n) is 3.37. The van der Waals surface area contributed by atoms with Crippen molar-refractivity contribution >= 4 is 40.7 Å². The van der Waals surface area contributed by atoms with Gasteiger partial charge in [-0.05, 0) is 56.5 Å². The van der Waals surface area contributed by atoms with Gasteiger partial charge in [0.15, 0.2) is 5.65 Å². The van der Waals surface area contributed by atoms with Crippen molar-refractivity contribution in [2.45, 2.75) is 26.7 Å². The molecule has 0 spiro atoms. The van der Waals surface area contributed by atoms with Crippen LogP contribution >= 0.6 is 12.4 Å². The molecular formula is C21H22ClFN4O. The van der Waals surface area contributed by atoms with Crippen molar-refractivity contribution in [3.8, 4) is 0 Å². The fraction of sp³-hybridized carbons (Fsp3) is 0.286. The Labute approximate surface area is 169 Å². The van der Waals surface area contributed by atoms with Gasteiger partial charge >= 0.3 is 0 Å². The Balaban J connectivity index is 0.00000225. The molecule has 1 amide bonds. The highest BCUT2D eigenvalue weighted by Gasteiger charge is 2.24. The minimum absolute atomic E-state index is 0. The van der Waals surface area contributed by atoms with Gasteiger partial charge in [-0.2, -0.15) is 0 Å². The summed E-state index contributed by atoms with van der Waals surface area (Å²) in [6.07, 6.45) is 3.60. The van der Waals surface area contributed by atoms with E-state index in [1.807, 2.05) is 24.0 Å². The quantitative estimate of drug-likeness (QED) is 0.686. The highest BCUT2D eigenvalue weighted by atomic mass is 35.5. The number of likely N-dealkylation sites (tertiary alicyclic amines) is 1. The number of carbonyl (C=O) groups is 1. The molecule has 0 saturated carbocycles. The zero-order valence-corrected chi connectivity index (χ0v) is 16.6. The Kier molecular flexibility index (Phi) is 5.79. The Morgan fingerprint density at radius 3 is 2.61 bits per heavy atom. The maximum absolute atomic E-state index is 14.0. The Morgan fingerprint density at radius 1 is 1.14 bits per heavy atom. The van der Waals surface area contributed by atoms with E-state index in [0.717, 1.165) is 37.0 Å². The topological polar surface area (TPSA) is 58.1 Å². The van der Waals surface area contributed by atoms with Crippen molar-refractivity contribution < 1.29 is 9.18 Å². The molecule has 0 aliphatic carbocycles. The van der Waals surface area contributed by atoms with Crippen LogP contribution in [0.15, 0.2) is 36.5 Å². The van der Waals surface area contributed by atoms with E-state index < -0.39 is 0 Å². The minimum Gasteiger partial charge on any atom is -0.354 e. The minimum atomic E-state index is -0.292. The summed E-state index contributed by atoms with van der Waals surface area (Å²) in [5.74, 6) is -0.350. The molecule has 0 unspecified atom stereocenters. The van der Waals surface area contributed by atoms with Gasteiger partial charge in [0.05, 0.1) is 11.3 Å². The number of anilines is 2. The second kappa shape index (κ2) is 8.10. The highest BCUT2D eigenvalue weighted by molar-refractivity contribution is 6.07. The van der Waals surface area contributed by atoms with E-state index in [1.165, 1.54) is 6.07 Å². The summed E-state index contributed by atoms with van der Waals surface area (Å²) < 4.78 is 14.0. The van der Waals surface area contributed by atoms with E-state index in [9.17, 15) is 9.18 Å². The van der Waals surface area contributed by atoms with Crippen molar-refractivity contribution in [2.24, 2.45) is 0 Å². The molecule has 1 saturated heterocycles. The maximum Gasteiger partial charge on any atom is 0.257 e. The normalized spacial score (nSPS) is 13.5. The zero-order valence-electron chi connectivity index (χ0n) is 15.8. The standard InChI is InChI=1S/C21H21FN4O.ClH/c1-13-5-7-15(11-18(13)22)25-19-16-8-6-14(2)24-20(16)23-12-17(19)21(27)26-9-3-4-10-26;/h5-8,11-12H,3-4,9-10H2,1-2H3,(H,23,24,25);1H. The summed E-state index contributed by atoms with van der Waals surface area (Å²) in [4.78, 5) is 23.7. The number of hydrogen-bond donors (Lipinski definition) is 1. The lowest BCUT2D eigenvalue weighted by atomic mass is 10.1. The van der Waals surface area contributed by atoms with Crippen molar-refractivity contribution in [1.29, 1.82) is 0 Å². The summed E-state index contributed by atoms with van der Waals surface area (Å²) in [5.41, 5.74) is 3.67. The maximum atomic E-state index is 14.0. The van der Waals surface area contributed by atoms with Gasteiger partial charge in [-0.3, -0.25) is 4.79 Å². The van der Waals surface area contributed by atoms with Crippen molar-refractivity contribution in [2.75, 3.05) is 18.4 Å². The molecule has 2 aromatic heterocycles. The molecule has 1 aliphatic rings. The molecule has 7 heteroatoms. The van der Waals surface area contributed by atoms with Crippen LogP contribution in [-0.4, -0.2) is 33.9 Å². The number of halogens is 2. The third kappa shape index (κ3) is 3.78. The Hall–Kier alpha value is -2.73. The highest BCUT2D eigenvalue weighted by Crippen LogP contribution is 2.30. The van der Waals surface area contributed by atoms with E-state index in [-0.39, 0.29) is 24.1 Å². The van der Waals surface area contributed by atoms with Gasteiger partial charge in [-0.25, -0.2) is 14.4 Å². The number of nitrogens with zero attached hydrogens (tertiary/aromatic N) is 3. The number of rotatable bonds is 3. The molecule has 28 heavy (non-hydrogen) atoms. The molecule has 146 valence electrons. The number of aromatic nitrogens is 2. The number of benzene rings is 1. The molecule has 1 aliphatic heterocycles. The van der Waals surface area contributed by atoms with E-state index in [2.05, 4.69) is 15.3 Å². The van der Waals surface area contributed by atoms with Gasteiger partial charge in [0.25, 0.3) is 5.91 Å². The lowest BCUT2D eigenvalue weighted by Crippen LogP contribution is -2.28. The summed E-state index contributed by atoms with van der Waals surface area (Å²) in [6, 6.07) is 8.74. The van der Waals surface area contributed by atoms with Crippen molar-refractivity contribution in [3.63, 3.8) is 0 Å². The molecule has 0 atom stereocenters. The number of pyridine rings is 2. The third-order valence-electron chi connectivity index (χ3n) is 4.93. The Bertz CT molecular complexity index is 1030. The Morgan fingerprint density at radius 2 is 1.89 bits per heavy atom. The van der Waals surface area contributed by atoms with Crippen LogP contribution in [0.2, 0.25) is 0 Å². The van der Waals surface area contributed by atoms with Crippen LogP contribution in [0.1, 0.15) is 34.5 Å². The van der Waals surface area contributed by atoms with Gasteiger partial charge < -0.3 is 10.2 Å². The van der Waals surface area contributed by atoms with Gasteiger partial charge in [-0.15, -0.1) is 12.4 Å². The van der Waals surface area contributed by atoms with Crippen LogP contribution in [0, 0.1) is 19.7 Å². The average Bonchev–Trinajstić information content (AvgIpc) is 3.19. The molecule has 0 bridgehead atoms. The van der Waals surface area contributed by atoms with Crippen molar-refractivity contribution in [3.05, 3.63) is 59.2 Å². The van der Waals surface area contributed by atoms with Gasteiger partial charge in [0.2, 0.25) is 0 Å². The molecule has 3 aromatic rings. The summed E-state index contributed by atoms with van der Waals surface area (Å²) in [7, 11) is 0. The van der Waals surface area contributed by atoms with Crippen molar-refractivity contribution in [1.82, 2.24) is 14.9 Å². The van der Waals surface area contributed by atoms with Gasteiger partial charge in [0.1, 0.15) is 5.82 Å². The van der Waals surface area contributed by atoms with Crippen LogP contribution in [0.3, 0.4) is 0 Å². The molecule has 3 heterocycles. The molecule has 4 rings (SSSR count). The monoisotopic (exact) mass is 400 g/mol. The van der Waals surface area contributed by atoms with Crippen LogP contribution in [-0.2, 0) is 0 Å². The number of fused-ring (bicyclic) bond motifs is 1. The fourth-order valence-corrected chi connectivity index (χ4v) is 3.37. The SMILES string of the molecule is Cc1ccc2c(Nc3ccc(C)c(F)c3)c(C(=O)N3CCCC3)cnc2n1.Cl. The molecular weight excluding hydrogens is 379 g/mol. The first-order chi connectivity index (χ1) is 13.0. The van der Waals surface area contributed by atoms with Crippen LogP contribution in [0.5, 0.6) is 0 Å². The first-order valence-electron chi connectivity index (χ1n) is 9.12. The van der Waals surface area contributed by atoms with Gasteiger partial charge in [-0.1, -0.05) is 6.07 Å². The second-order valence-electron chi connectivity index (χ2n) is 6.96. The molecule has 1 N–H and O–H groups in total. The summed E-state index contributed by atoms with van der Waals surface area (Å²) in [6.45, 7) is 5.12. The number of amides is 1. The predicted molar refractivity (Wildman–Crippen MR) is 111 cm³/mol. The second-order valence-corrected chi connectivity index (χ2v) is 6.96. The van der Waals surface area contributed by atoms with Crippen LogP contribution in [0.25, 0.3) is 11.0 Å².